The van der Waals surface area contributed by atoms with E-state index in [0.717, 1.165) is 39.9 Å². The number of aromatic nitrogens is 3. The van der Waals surface area contributed by atoms with Crippen molar-refractivity contribution in [2.45, 2.75) is 13.8 Å². The van der Waals surface area contributed by atoms with Crippen molar-refractivity contribution < 1.29 is 9.53 Å². The molecule has 2 aromatic heterocycles. The van der Waals surface area contributed by atoms with Gasteiger partial charge >= 0.3 is 0 Å². The molecule has 174 valence electrons. The number of nitrogens with one attached hydrogen (secondary N) is 1. The number of amides is 1. The van der Waals surface area contributed by atoms with E-state index in [-0.39, 0.29) is 12.5 Å². The number of fused-ring (bicyclic) bond motifs is 1. The van der Waals surface area contributed by atoms with Crippen molar-refractivity contribution in [2.75, 3.05) is 37.0 Å². The highest BCUT2D eigenvalue weighted by molar-refractivity contribution is 9.10. The highest BCUT2D eigenvalue weighted by atomic mass is 79.9. The monoisotopic (exact) mass is 519 g/mol. The normalized spacial score (nSPS) is 10.9. The van der Waals surface area contributed by atoms with E-state index in [1.807, 2.05) is 30.3 Å². The lowest BCUT2D eigenvalue weighted by molar-refractivity contribution is -0.119. The van der Waals surface area contributed by atoms with Gasteiger partial charge in [0.05, 0.1) is 11.1 Å². The summed E-state index contributed by atoms with van der Waals surface area (Å²) in [5, 5.41) is 3.50. The molecule has 0 aliphatic carbocycles. The third kappa shape index (κ3) is 5.08. The van der Waals surface area contributed by atoms with Crippen molar-refractivity contribution in [1.82, 2.24) is 15.0 Å². The third-order valence-corrected chi connectivity index (χ3v) is 6.06. The van der Waals surface area contributed by atoms with Crippen LogP contribution >= 0.6 is 15.9 Å². The van der Waals surface area contributed by atoms with Crippen LogP contribution in [0.2, 0.25) is 0 Å². The Morgan fingerprint density at radius 2 is 1.79 bits per heavy atom. The molecule has 0 spiro atoms. The summed E-state index contributed by atoms with van der Waals surface area (Å²) in [4.78, 5) is 28.1. The molecular formula is C26H26BrN5O2. The Labute approximate surface area is 207 Å². The van der Waals surface area contributed by atoms with Gasteiger partial charge in [0.25, 0.3) is 5.91 Å². The second kappa shape index (κ2) is 10.7. The van der Waals surface area contributed by atoms with Crippen molar-refractivity contribution in [1.29, 1.82) is 0 Å². The molecule has 1 amide bonds. The summed E-state index contributed by atoms with van der Waals surface area (Å²) in [6.45, 7) is 6.13. The maximum atomic E-state index is 12.3. The number of carbonyl (C=O) groups excluding carboxylic acids is 1. The van der Waals surface area contributed by atoms with E-state index in [1.165, 1.54) is 19.1 Å². The number of anilines is 2. The van der Waals surface area contributed by atoms with Gasteiger partial charge in [0.1, 0.15) is 18.8 Å². The van der Waals surface area contributed by atoms with Crippen molar-refractivity contribution in [3.8, 4) is 22.4 Å². The molecule has 1 N–H and O–H groups in total. The highest BCUT2D eigenvalue weighted by Crippen LogP contribution is 2.36. The van der Waals surface area contributed by atoms with Gasteiger partial charge in [0.2, 0.25) is 0 Å². The number of rotatable bonds is 8. The van der Waals surface area contributed by atoms with Crippen LogP contribution in [0, 0.1) is 0 Å². The second-order valence-corrected chi connectivity index (χ2v) is 8.60. The minimum atomic E-state index is -0.293. The van der Waals surface area contributed by atoms with Crippen LogP contribution < -0.4 is 10.2 Å². The maximum Gasteiger partial charge on any atom is 0.251 e. The van der Waals surface area contributed by atoms with Gasteiger partial charge in [-0.05, 0) is 55.3 Å². The summed E-state index contributed by atoms with van der Waals surface area (Å²) in [5.41, 5.74) is 5.29. The van der Waals surface area contributed by atoms with Gasteiger partial charge in [0, 0.05) is 35.9 Å². The fourth-order valence-corrected chi connectivity index (χ4v) is 4.32. The van der Waals surface area contributed by atoms with Crippen molar-refractivity contribution in [3.05, 3.63) is 65.4 Å². The predicted molar refractivity (Wildman–Crippen MR) is 140 cm³/mol. The van der Waals surface area contributed by atoms with Gasteiger partial charge in [-0.15, -0.1) is 0 Å². The van der Waals surface area contributed by atoms with Crippen LogP contribution in [0.5, 0.6) is 0 Å². The van der Waals surface area contributed by atoms with Gasteiger partial charge in [0.15, 0.2) is 5.65 Å². The fourth-order valence-electron chi connectivity index (χ4n) is 3.92. The van der Waals surface area contributed by atoms with Crippen molar-refractivity contribution in [2.24, 2.45) is 0 Å². The zero-order chi connectivity index (χ0) is 24.1. The number of benzene rings is 2. The fraction of sp³-hybridized carbons (Fsp3) is 0.231. The zero-order valence-electron chi connectivity index (χ0n) is 19.4. The molecule has 0 atom stereocenters. The molecule has 0 aliphatic rings. The summed E-state index contributed by atoms with van der Waals surface area (Å²) in [7, 11) is 1.48. The number of hydrogen-bond donors (Lipinski definition) is 1. The average molecular weight is 520 g/mol. The number of halogens is 1. The van der Waals surface area contributed by atoms with E-state index in [2.05, 4.69) is 74.2 Å². The minimum Gasteiger partial charge on any atom is -0.375 e. The SMILES string of the molecule is CCN(CC)c1ccc(-c2cc(-c3cccc(Br)c3)c3c(NC(=O)COC)ncnc3n2)cc1. The van der Waals surface area contributed by atoms with Gasteiger partial charge < -0.3 is 15.0 Å². The summed E-state index contributed by atoms with van der Waals surface area (Å²) in [6.07, 6.45) is 1.41. The molecule has 2 heterocycles. The molecule has 0 aliphatic heterocycles. The van der Waals surface area contributed by atoms with E-state index >= 15 is 0 Å². The lowest BCUT2D eigenvalue weighted by Gasteiger charge is -2.21. The van der Waals surface area contributed by atoms with Gasteiger partial charge in [-0.1, -0.05) is 40.2 Å². The molecule has 34 heavy (non-hydrogen) atoms. The molecule has 8 heteroatoms. The van der Waals surface area contributed by atoms with E-state index in [1.54, 1.807) is 0 Å². The lowest BCUT2D eigenvalue weighted by Crippen LogP contribution is -2.21. The molecule has 0 bridgehead atoms. The Kier molecular flexibility index (Phi) is 7.49. The average Bonchev–Trinajstić information content (AvgIpc) is 2.85. The third-order valence-electron chi connectivity index (χ3n) is 5.56. The van der Waals surface area contributed by atoms with Gasteiger partial charge in [-0.2, -0.15) is 0 Å². The van der Waals surface area contributed by atoms with Crippen LogP contribution in [0.25, 0.3) is 33.4 Å². The largest absolute Gasteiger partial charge is 0.375 e. The standard InChI is InChI=1S/C26H26BrN5O2/c1-4-32(5-2)20-11-9-17(10-12-20)22-14-21(18-7-6-8-19(27)13-18)24-25(30-22)28-16-29-26(24)31-23(33)15-34-3/h6-14,16H,4-5,15H2,1-3H3,(H,28,29,30,31,33). The zero-order valence-corrected chi connectivity index (χ0v) is 21.0. The molecule has 0 radical (unpaired) electrons. The van der Waals surface area contributed by atoms with Crippen LogP contribution in [-0.4, -0.2) is 47.7 Å². The first-order valence-corrected chi connectivity index (χ1v) is 11.9. The summed E-state index contributed by atoms with van der Waals surface area (Å²) in [5.74, 6) is 0.108. The number of methoxy groups -OCH3 is 1. The Morgan fingerprint density at radius 3 is 2.47 bits per heavy atom. The second-order valence-electron chi connectivity index (χ2n) is 7.69. The van der Waals surface area contributed by atoms with E-state index in [0.29, 0.717) is 16.9 Å². The van der Waals surface area contributed by atoms with E-state index in [4.69, 9.17) is 9.72 Å². The quantitative estimate of drug-likeness (QED) is 0.328. The Balaban J connectivity index is 1.88. The number of hydrogen-bond acceptors (Lipinski definition) is 6. The molecule has 0 fully saturated rings. The van der Waals surface area contributed by atoms with Crippen LogP contribution in [0.1, 0.15) is 13.8 Å². The Morgan fingerprint density at radius 1 is 1.03 bits per heavy atom. The van der Waals surface area contributed by atoms with Crippen molar-refractivity contribution >= 4 is 44.4 Å². The smallest absolute Gasteiger partial charge is 0.251 e. The summed E-state index contributed by atoms with van der Waals surface area (Å²) >= 11 is 3.56. The van der Waals surface area contributed by atoms with Crippen LogP contribution in [0.4, 0.5) is 11.5 Å². The summed E-state index contributed by atoms with van der Waals surface area (Å²) in [6, 6.07) is 18.4. The topological polar surface area (TPSA) is 80.2 Å². The van der Waals surface area contributed by atoms with Gasteiger partial charge in [-0.25, -0.2) is 15.0 Å². The molecule has 7 nitrogen and oxygen atoms in total. The molecule has 0 saturated carbocycles. The van der Waals surface area contributed by atoms with Crippen LogP contribution in [-0.2, 0) is 9.53 Å². The molecule has 2 aromatic carbocycles. The molecule has 4 rings (SSSR count). The Bertz CT molecular complexity index is 1310. The number of ether oxygens (including phenoxy) is 1. The number of nitrogens with zero attached hydrogens (tertiary/aromatic N) is 4. The van der Waals surface area contributed by atoms with Crippen molar-refractivity contribution in [3.63, 3.8) is 0 Å². The van der Waals surface area contributed by atoms with Gasteiger partial charge in [-0.3, -0.25) is 4.79 Å². The number of pyridine rings is 1. The van der Waals surface area contributed by atoms with Crippen LogP contribution in [0.3, 0.4) is 0 Å². The molecule has 4 aromatic rings. The minimum absolute atomic E-state index is 0.0673. The first-order valence-electron chi connectivity index (χ1n) is 11.1. The lowest BCUT2D eigenvalue weighted by atomic mass is 9.99. The van der Waals surface area contributed by atoms with E-state index in [9.17, 15) is 4.79 Å². The first kappa shape index (κ1) is 23.8. The first-order chi connectivity index (χ1) is 16.5. The predicted octanol–water partition coefficient (Wildman–Crippen LogP) is 5.55. The Hall–Kier alpha value is -3.36. The van der Waals surface area contributed by atoms with Crippen LogP contribution in [0.15, 0.2) is 65.4 Å². The maximum absolute atomic E-state index is 12.3. The number of carbonyl (C=O) groups is 1. The van der Waals surface area contributed by atoms with E-state index < -0.39 is 0 Å². The molecule has 0 unspecified atom stereocenters. The molecule has 0 saturated heterocycles. The molecular weight excluding hydrogens is 494 g/mol. The summed E-state index contributed by atoms with van der Waals surface area (Å²) < 4.78 is 5.90. The highest BCUT2D eigenvalue weighted by Gasteiger charge is 2.17.